The zero-order valence-corrected chi connectivity index (χ0v) is 11.5. The molecule has 0 spiro atoms. The standard InChI is InChI=1S/C13H19BrN2/c1-13(2)7-3-5-10(9-13)16-12-11(14)6-4-8-15-12/h4,6,8,10H,3,5,7,9H2,1-2H3,(H,15,16). The zero-order valence-electron chi connectivity index (χ0n) is 9.96. The number of hydrogen-bond acceptors (Lipinski definition) is 2. The first-order valence-electron chi connectivity index (χ1n) is 5.94. The summed E-state index contributed by atoms with van der Waals surface area (Å²) in [5.41, 5.74) is 0.469. The Morgan fingerprint density at radius 1 is 1.50 bits per heavy atom. The van der Waals surface area contributed by atoms with E-state index in [1.807, 2.05) is 18.3 Å². The van der Waals surface area contributed by atoms with E-state index in [0.29, 0.717) is 11.5 Å². The van der Waals surface area contributed by atoms with Gasteiger partial charge >= 0.3 is 0 Å². The van der Waals surface area contributed by atoms with Crippen molar-refractivity contribution in [2.45, 2.75) is 45.6 Å². The molecule has 0 bridgehead atoms. The van der Waals surface area contributed by atoms with Crippen molar-refractivity contribution in [1.29, 1.82) is 0 Å². The van der Waals surface area contributed by atoms with Crippen molar-refractivity contribution >= 4 is 21.7 Å². The fraction of sp³-hybridized carbons (Fsp3) is 0.615. The predicted molar refractivity (Wildman–Crippen MR) is 71.6 cm³/mol. The van der Waals surface area contributed by atoms with E-state index in [-0.39, 0.29) is 0 Å². The van der Waals surface area contributed by atoms with E-state index >= 15 is 0 Å². The van der Waals surface area contributed by atoms with Gasteiger partial charge in [-0.05, 0) is 52.7 Å². The topological polar surface area (TPSA) is 24.9 Å². The number of hydrogen-bond donors (Lipinski definition) is 1. The van der Waals surface area contributed by atoms with Crippen LogP contribution in [0.5, 0.6) is 0 Å². The minimum absolute atomic E-state index is 0.469. The van der Waals surface area contributed by atoms with Crippen molar-refractivity contribution in [3.63, 3.8) is 0 Å². The van der Waals surface area contributed by atoms with Gasteiger partial charge in [0.15, 0.2) is 0 Å². The van der Waals surface area contributed by atoms with Crippen LogP contribution in [0.3, 0.4) is 0 Å². The highest BCUT2D eigenvalue weighted by Crippen LogP contribution is 2.36. The molecular weight excluding hydrogens is 264 g/mol. The highest BCUT2D eigenvalue weighted by Gasteiger charge is 2.28. The maximum absolute atomic E-state index is 4.36. The van der Waals surface area contributed by atoms with E-state index in [0.717, 1.165) is 10.3 Å². The zero-order chi connectivity index (χ0) is 11.6. The van der Waals surface area contributed by atoms with Gasteiger partial charge in [-0.1, -0.05) is 20.3 Å². The van der Waals surface area contributed by atoms with Crippen molar-refractivity contribution in [3.8, 4) is 0 Å². The van der Waals surface area contributed by atoms with Gasteiger partial charge in [0.2, 0.25) is 0 Å². The molecule has 88 valence electrons. The molecule has 1 unspecified atom stereocenters. The molecule has 1 saturated carbocycles. The summed E-state index contributed by atoms with van der Waals surface area (Å²) in [6.07, 6.45) is 6.98. The monoisotopic (exact) mass is 282 g/mol. The number of nitrogens with one attached hydrogen (secondary N) is 1. The van der Waals surface area contributed by atoms with Gasteiger partial charge in [-0.25, -0.2) is 4.98 Å². The van der Waals surface area contributed by atoms with Gasteiger partial charge < -0.3 is 5.32 Å². The average molecular weight is 283 g/mol. The summed E-state index contributed by atoms with van der Waals surface area (Å²) >= 11 is 3.53. The third-order valence-electron chi connectivity index (χ3n) is 3.30. The SMILES string of the molecule is CC1(C)CCCC(Nc2ncccc2Br)C1. The molecule has 2 nitrogen and oxygen atoms in total. The molecule has 1 aromatic heterocycles. The maximum atomic E-state index is 4.36. The van der Waals surface area contributed by atoms with Crippen LogP contribution in [0.15, 0.2) is 22.8 Å². The quantitative estimate of drug-likeness (QED) is 0.878. The summed E-state index contributed by atoms with van der Waals surface area (Å²) in [5, 5.41) is 3.55. The normalized spacial score (nSPS) is 24.1. The van der Waals surface area contributed by atoms with Crippen LogP contribution in [-0.2, 0) is 0 Å². The number of rotatable bonds is 2. The van der Waals surface area contributed by atoms with Gasteiger partial charge in [-0.2, -0.15) is 0 Å². The third kappa shape index (κ3) is 2.97. The van der Waals surface area contributed by atoms with Crippen LogP contribution >= 0.6 is 15.9 Å². The Morgan fingerprint density at radius 3 is 3.00 bits per heavy atom. The number of aromatic nitrogens is 1. The second-order valence-corrected chi connectivity index (χ2v) is 6.29. The lowest BCUT2D eigenvalue weighted by molar-refractivity contribution is 0.229. The fourth-order valence-corrected chi connectivity index (χ4v) is 2.88. The van der Waals surface area contributed by atoms with E-state index < -0.39 is 0 Å². The van der Waals surface area contributed by atoms with E-state index in [1.54, 1.807) is 0 Å². The Balaban J connectivity index is 2.02. The van der Waals surface area contributed by atoms with E-state index in [2.05, 4.69) is 40.1 Å². The molecule has 0 amide bonds. The number of halogens is 1. The number of anilines is 1. The summed E-state index contributed by atoms with van der Waals surface area (Å²) < 4.78 is 1.05. The van der Waals surface area contributed by atoms with Crippen LogP contribution in [0.4, 0.5) is 5.82 Å². The molecule has 1 atom stereocenters. The molecular formula is C13H19BrN2. The van der Waals surface area contributed by atoms with Gasteiger partial charge in [0.1, 0.15) is 5.82 Å². The second-order valence-electron chi connectivity index (χ2n) is 5.44. The Labute approximate surface area is 106 Å². The van der Waals surface area contributed by atoms with Gasteiger partial charge in [0.25, 0.3) is 0 Å². The molecule has 1 aliphatic rings. The summed E-state index contributed by atoms with van der Waals surface area (Å²) in [6.45, 7) is 4.71. The lowest BCUT2D eigenvalue weighted by Gasteiger charge is -2.35. The molecule has 0 aromatic carbocycles. The van der Waals surface area contributed by atoms with E-state index in [9.17, 15) is 0 Å². The molecule has 1 fully saturated rings. The van der Waals surface area contributed by atoms with Crippen molar-refractivity contribution in [3.05, 3.63) is 22.8 Å². The third-order valence-corrected chi connectivity index (χ3v) is 3.94. The first-order chi connectivity index (χ1) is 7.57. The minimum atomic E-state index is 0.469. The molecule has 0 radical (unpaired) electrons. The van der Waals surface area contributed by atoms with Crippen LogP contribution in [0, 0.1) is 5.41 Å². The highest BCUT2D eigenvalue weighted by molar-refractivity contribution is 9.10. The predicted octanol–water partition coefficient (Wildman–Crippen LogP) is 4.22. The maximum Gasteiger partial charge on any atom is 0.140 e. The van der Waals surface area contributed by atoms with Crippen LogP contribution in [-0.4, -0.2) is 11.0 Å². The van der Waals surface area contributed by atoms with Gasteiger partial charge in [0, 0.05) is 12.2 Å². The van der Waals surface area contributed by atoms with Crippen LogP contribution in [0.1, 0.15) is 39.5 Å². The smallest absolute Gasteiger partial charge is 0.140 e. The molecule has 3 heteroatoms. The van der Waals surface area contributed by atoms with Crippen LogP contribution in [0.2, 0.25) is 0 Å². The summed E-state index contributed by atoms with van der Waals surface area (Å²) in [6, 6.07) is 4.54. The van der Waals surface area contributed by atoms with Gasteiger partial charge in [0.05, 0.1) is 4.47 Å². The molecule has 2 rings (SSSR count). The number of nitrogens with zero attached hydrogens (tertiary/aromatic N) is 1. The lowest BCUT2D eigenvalue weighted by Crippen LogP contribution is -2.32. The summed E-state index contributed by atoms with van der Waals surface area (Å²) in [5.74, 6) is 0.977. The number of pyridine rings is 1. The minimum Gasteiger partial charge on any atom is -0.366 e. The highest BCUT2D eigenvalue weighted by atomic mass is 79.9. The Kier molecular flexibility index (Phi) is 3.53. The lowest BCUT2D eigenvalue weighted by atomic mass is 9.75. The van der Waals surface area contributed by atoms with E-state index in [1.165, 1.54) is 25.7 Å². The summed E-state index contributed by atoms with van der Waals surface area (Å²) in [7, 11) is 0. The molecule has 1 N–H and O–H groups in total. The molecule has 16 heavy (non-hydrogen) atoms. The van der Waals surface area contributed by atoms with Crippen molar-refractivity contribution in [1.82, 2.24) is 4.98 Å². The summed E-state index contributed by atoms with van der Waals surface area (Å²) in [4.78, 5) is 4.36. The van der Waals surface area contributed by atoms with Gasteiger partial charge in [-0.3, -0.25) is 0 Å². The van der Waals surface area contributed by atoms with Crippen LogP contribution in [0.25, 0.3) is 0 Å². The molecule has 1 heterocycles. The first kappa shape index (κ1) is 11.9. The fourth-order valence-electron chi connectivity index (χ4n) is 2.51. The van der Waals surface area contributed by atoms with Crippen LogP contribution < -0.4 is 5.32 Å². The van der Waals surface area contributed by atoms with Crippen molar-refractivity contribution in [2.24, 2.45) is 5.41 Å². The van der Waals surface area contributed by atoms with Gasteiger partial charge in [-0.15, -0.1) is 0 Å². The molecule has 0 saturated heterocycles. The van der Waals surface area contributed by atoms with Crippen molar-refractivity contribution in [2.75, 3.05) is 5.32 Å². The Morgan fingerprint density at radius 2 is 2.31 bits per heavy atom. The Hall–Kier alpha value is -0.570. The average Bonchev–Trinajstić information content (AvgIpc) is 2.20. The second kappa shape index (κ2) is 4.74. The van der Waals surface area contributed by atoms with E-state index in [4.69, 9.17) is 0 Å². The largest absolute Gasteiger partial charge is 0.366 e. The molecule has 0 aliphatic heterocycles. The molecule has 1 aromatic rings. The molecule has 1 aliphatic carbocycles. The Bertz CT molecular complexity index is 363. The van der Waals surface area contributed by atoms with Crippen molar-refractivity contribution < 1.29 is 0 Å². The first-order valence-corrected chi connectivity index (χ1v) is 6.73.